The van der Waals surface area contributed by atoms with Crippen LogP contribution in [-0.4, -0.2) is 61.3 Å². The van der Waals surface area contributed by atoms with Gasteiger partial charge in [-0.3, -0.25) is 4.90 Å². The van der Waals surface area contributed by atoms with Crippen LogP contribution in [0.1, 0.15) is 22.6 Å². The molecule has 3 rings (SSSR count). The van der Waals surface area contributed by atoms with E-state index in [1.54, 1.807) is 0 Å². The molecule has 1 aliphatic heterocycles. The Balaban J connectivity index is 1.63. The number of thiophene rings is 1. The molecule has 5 heteroatoms. The van der Waals surface area contributed by atoms with E-state index in [1.807, 2.05) is 41.7 Å². The van der Waals surface area contributed by atoms with Crippen molar-refractivity contribution < 1.29 is 9.84 Å². The van der Waals surface area contributed by atoms with Crippen LogP contribution >= 0.6 is 11.3 Å². The Morgan fingerprint density at radius 2 is 1.88 bits per heavy atom. The van der Waals surface area contributed by atoms with Crippen molar-refractivity contribution in [1.82, 2.24) is 9.80 Å². The lowest BCUT2D eigenvalue weighted by Crippen LogP contribution is -2.43. The fourth-order valence-electron chi connectivity index (χ4n) is 3.20. The summed E-state index contributed by atoms with van der Waals surface area (Å²) in [5, 5.41) is 12.6. The number of likely N-dealkylation sites (N-methyl/N-ethyl adjacent to an activating group) is 1. The second-order valence-electron chi connectivity index (χ2n) is 6.33. The first-order valence-corrected chi connectivity index (χ1v) is 9.39. The van der Waals surface area contributed by atoms with Gasteiger partial charge in [-0.1, -0.05) is 36.4 Å². The zero-order valence-electron chi connectivity index (χ0n) is 14.2. The fourth-order valence-corrected chi connectivity index (χ4v) is 4.05. The van der Waals surface area contributed by atoms with Crippen LogP contribution < -0.4 is 0 Å². The van der Waals surface area contributed by atoms with E-state index < -0.39 is 6.10 Å². The van der Waals surface area contributed by atoms with E-state index >= 15 is 0 Å². The number of hydrogen-bond donors (Lipinski definition) is 1. The summed E-state index contributed by atoms with van der Waals surface area (Å²) in [5.74, 6) is 0. The standard InChI is InChI=1S/C19H26N2O2S/c1-20(15-18(22)16-6-3-2-4-7-16)14-17(19-8-5-13-24-19)21-9-11-23-12-10-21/h2-8,13,17-18,22H,9-12,14-15H2,1H3/t17-,18-/m0/s1. The number of aliphatic hydroxyl groups excluding tert-OH is 1. The molecular weight excluding hydrogens is 320 g/mol. The van der Waals surface area contributed by atoms with Crippen LogP contribution in [-0.2, 0) is 4.74 Å². The largest absolute Gasteiger partial charge is 0.387 e. The summed E-state index contributed by atoms with van der Waals surface area (Å²) in [5.41, 5.74) is 0.975. The predicted molar refractivity (Wildman–Crippen MR) is 98.4 cm³/mol. The number of aliphatic hydroxyl groups is 1. The highest BCUT2D eigenvalue weighted by Gasteiger charge is 2.25. The molecule has 1 saturated heterocycles. The molecule has 0 unspecified atom stereocenters. The first-order valence-electron chi connectivity index (χ1n) is 8.51. The number of ether oxygens (including phenoxy) is 1. The lowest BCUT2D eigenvalue weighted by atomic mass is 10.1. The van der Waals surface area contributed by atoms with Crippen molar-refractivity contribution in [3.05, 3.63) is 58.3 Å². The van der Waals surface area contributed by atoms with E-state index in [2.05, 4.69) is 34.4 Å². The van der Waals surface area contributed by atoms with E-state index in [9.17, 15) is 5.11 Å². The molecule has 4 nitrogen and oxygen atoms in total. The summed E-state index contributed by atoms with van der Waals surface area (Å²) in [6, 6.07) is 14.6. The fraction of sp³-hybridized carbons (Fsp3) is 0.474. The maximum Gasteiger partial charge on any atom is 0.0916 e. The molecule has 0 aliphatic carbocycles. The van der Waals surface area contributed by atoms with Gasteiger partial charge in [-0.15, -0.1) is 11.3 Å². The zero-order valence-corrected chi connectivity index (χ0v) is 15.0. The van der Waals surface area contributed by atoms with E-state index in [4.69, 9.17) is 4.74 Å². The van der Waals surface area contributed by atoms with Gasteiger partial charge in [0.2, 0.25) is 0 Å². The van der Waals surface area contributed by atoms with Crippen molar-refractivity contribution in [2.75, 3.05) is 46.4 Å². The summed E-state index contributed by atoms with van der Waals surface area (Å²) >= 11 is 1.81. The summed E-state index contributed by atoms with van der Waals surface area (Å²) in [6.07, 6.45) is -0.454. The molecule has 0 spiro atoms. The van der Waals surface area contributed by atoms with Gasteiger partial charge in [-0.2, -0.15) is 0 Å². The third-order valence-corrected chi connectivity index (χ3v) is 5.49. The average Bonchev–Trinajstić information content (AvgIpc) is 3.15. The van der Waals surface area contributed by atoms with E-state index in [-0.39, 0.29) is 0 Å². The van der Waals surface area contributed by atoms with Crippen molar-refractivity contribution in [1.29, 1.82) is 0 Å². The Bertz CT molecular complexity index is 585. The van der Waals surface area contributed by atoms with Crippen LogP contribution in [0.3, 0.4) is 0 Å². The lowest BCUT2D eigenvalue weighted by molar-refractivity contribution is 0.00692. The third-order valence-electron chi connectivity index (χ3n) is 4.51. The van der Waals surface area contributed by atoms with Gasteiger partial charge in [0, 0.05) is 31.1 Å². The highest BCUT2D eigenvalue weighted by atomic mass is 32.1. The molecule has 1 fully saturated rings. The molecule has 130 valence electrons. The monoisotopic (exact) mass is 346 g/mol. The molecule has 0 amide bonds. The van der Waals surface area contributed by atoms with Crippen LogP contribution in [0, 0.1) is 0 Å². The second-order valence-corrected chi connectivity index (χ2v) is 7.31. The number of rotatable bonds is 7. The highest BCUT2D eigenvalue weighted by Crippen LogP contribution is 2.27. The number of nitrogens with zero attached hydrogens (tertiary/aromatic N) is 2. The first-order chi connectivity index (χ1) is 11.7. The average molecular weight is 346 g/mol. The van der Waals surface area contributed by atoms with Gasteiger partial charge in [-0.25, -0.2) is 0 Å². The van der Waals surface area contributed by atoms with Gasteiger partial charge in [0.1, 0.15) is 0 Å². The van der Waals surface area contributed by atoms with Crippen LogP contribution in [0.15, 0.2) is 47.8 Å². The smallest absolute Gasteiger partial charge is 0.0916 e. The summed E-state index contributed by atoms with van der Waals surface area (Å²) in [4.78, 5) is 6.12. The van der Waals surface area contributed by atoms with Crippen molar-refractivity contribution in [2.45, 2.75) is 12.1 Å². The maximum absolute atomic E-state index is 10.5. The topological polar surface area (TPSA) is 35.9 Å². The molecule has 2 aromatic rings. The Labute approximate surface area is 148 Å². The normalized spacial score (nSPS) is 18.6. The molecule has 1 aliphatic rings. The van der Waals surface area contributed by atoms with Crippen molar-refractivity contribution in [3.8, 4) is 0 Å². The third kappa shape index (κ3) is 4.65. The molecule has 1 N–H and O–H groups in total. The molecule has 2 atom stereocenters. The molecule has 24 heavy (non-hydrogen) atoms. The van der Waals surface area contributed by atoms with Crippen molar-refractivity contribution in [3.63, 3.8) is 0 Å². The minimum atomic E-state index is -0.454. The van der Waals surface area contributed by atoms with E-state index in [0.717, 1.165) is 38.4 Å². The van der Waals surface area contributed by atoms with Crippen LogP contribution in [0.4, 0.5) is 0 Å². The maximum atomic E-state index is 10.5. The highest BCUT2D eigenvalue weighted by molar-refractivity contribution is 7.10. The van der Waals surface area contributed by atoms with Gasteiger partial charge in [0.15, 0.2) is 0 Å². The first kappa shape index (κ1) is 17.6. The van der Waals surface area contributed by atoms with Gasteiger partial charge in [-0.05, 0) is 24.1 Å². The minimum Gasteiger partial charge on any atom is -0.387 e. The predicted octanol–water partition coefficient (Wildman–Crippen LogP) is 2.79. The summed E-state index contributed by atoms with van der Waals surface area (Å²) in [6.45, 7) is 5.09. The van der Waals surface area contributed by atoms with Crippen LogP contribution in [0.5, 0.6) is 0 Å². The SMILES string of the molecule is CN(C[C@H](O)c1ccccc1)C[C@@H](c1cccs1)N1CCOCC1. The van der Waals surface area contributed by atoms with Gasteiger partial charge < -0.3 is 14.7 Å². The number of morpholine rings is 1. The molecule has 2 heterocycles. The molecule has 1 aromatic carbocycles. The van der Waals surface area contributed by atoms with E-state index in [0.29, 0.717) is 12.6 Å². The van der Waals surface area contributed by atoms with Crippen LogP contribution in [0.2, 0.25) is 0 Å². The Morgan fingerprint density at radius 1 is 1.12 bits per heavy atom. The molecule has 0 saturated carbocycles. The Kier molecular flexibility index (Phi) is 6.40. The quantitative estimate of drug-likeness (QED) is 0.836. The minimum absolute atomic E-state index is 0.363. The van der Waals surface area contributed by atoms with Crippen molar-refractivity contribution >= 4 is 11.3 Å². The lowest BCUT2D eigenvalue weighted by Gasteiger charge is -2.36. The molecule has 0 radical (unpaired) electrons. The number of benzene rings is 1. The zero-order chi connectivity index (χ0) is 16.8. The second kappa shape index (κ2) is 8.74. The molecular formula is C19H26N2O2S. The summed E-state index contributed by atoms with van der Waals surface area (Å²) < 4.78 is 5.50. The Hall–Kier alpha value is -1.24. The molecule has 1 aromatic heterocycles. The van der Waals surface area contributed by atoms with Gasteiger partial charge >= 0.3 is 0 Å². The van der Waals surface area contributed by atoms with E-state index in [1.165, 1.54) is 4.88 Å². The summed E-state index contributed by atoms with van der Waals surface area (Å²) in [7, 11) is 2.09. The molecule has 0 bridgehead atoms. The Morgan fingerprint density at radius 3 is 2.54 bits per heavy atom. The number of hydrogen-bond acceptors (Lipinski definition) is 5. The van der Waals surface area contributed by atoms with Gasteiger partial charge in [0.25, 0.3) is 0 Å². The van der Waals surface area contributed by atoms with Crippen molar-refractivity contribution in [2.24, 2.45) is 0 Å². The van der Waals surface area contributed by atoms with Crippen LogP contribution in [0.25, 0.3) is 0 Å². The van der Waals surface area contributed by atoms with Gasteiger partial charge in [0.05, 0.1) is 25.4 Å².